The first-order valence-electron chi connectivity index (χ1n) is 9.04. The molecule has 0 aliphatic carbocycles. The Bertz CT molecular complexity index is 885. The summed E-state index contributed by atoms with van der Waals surface area (Å²) in [6, 6.07) is 6.10. The summed E-state index contributed by atoms with van der Waals surface area (Å²) in [5.41, 5.74) is 0.754. The lowest BCUT2D eigenvalue weighted by atomic mass is 10.1. The third kappa shape index (κ3) is 3.87. The fourth-order valence-electron chi connectivity index (χ4n) is 3.48. The highest BCUT2D eigenvalue weighted by Gasteiger charge is 2.49. The van der Waals surface area contributed by atoms with Crippen LogP contribution >= 0.6 is 0 Å². The lowest BCUT2D eigenvalue weighted by molar-refractivity contribution is 0.0592. The number of methoxy groups -OCH3 is 2. The monoisotopic (exact) mass is 403 g/mol. The van der Waals surface area contributed by atoms with Gasteiger partial charge in [-0.1, -0.05) is 5.21 Å². The van der Waals surface area contributed by atoms with E-state index in [0.29, 0.717) is 24.7 Å². The van der Waals surface area contributed by atoms with Crippen molar-refractivity contribution in [2.24, 2.45) is 0 Å². The summed E-state index contributed by atoms with van der Waals surface area (Å²) in [7, 11) is 2.86. The van der Waals surface area contributed by atoms with E-state index in [0.717, 1.165) is 0 Å². The zero-order valence-electron chi connectivity index (χ0n) is 15.9. The van der Waals surface area contributed by atoms with Gasteiger partial charge in [0.1, 0.15) is 24.0 Å². The van der Waals surface area contributed by atoms with Gasteiger partial charge in [-0.15, -0.1) is 5.10 Å². The first kappa shape index (κ1) is 19.2. The van der Waals surface area contributed by atoms with Crippen molar-refractivity contribution in [2.75, 3.05) is 32.8 Å². The minimum Gasteiger partial charge on any atom is -0.497 e. The number of amides is 2. The Kier molecular flexibility index (Phi) is 5.32. The number of esters is 1. The second kappa shape index (κ2) is 8.05. The van der Waals surface area contributed by atoms with Gasteiger partial charge in [-0.3, -0.25) is 0 Å². The van der Waals surface area contributed by atoms with Gasteiger partial charge in [0.05, 0.1) is 39.7 Å². The number of urea groups is 1. The van der Waals surface area contributed by atoms with Gasteiger partial charge in [-0.05, 0) is 24.3 Å². The number of anilines is 1. The Morgan fingerprint density at radius 1 is 1.14 bits per heavy atom. The van der Waals surface area contributed by atoms with Gasteiger partial charge in [0.2, 0.25) is 0 Å². The van der Waals surface area contributed by atoms with Crippen molar-refractivity contribution in [3.8, 4) is 5.75 Å². The number of rotatable bonds is 5. The maximum atomic E-state index is 12.3. The van der Waals surface area contributed by atoms with Crippen LogP contribution in [0.15, 0.2) is 30.5 Å². The van der Waals surface area contributed by atoms with Gasteiger partial charge in [0.15, 0.2) is 5.69 Å². The van der Waals surface area contributed by atoms with E-state index in [-0.39, 0.29) is 36.0 Å². The summed E-state index contributed by atoms with van der Waals surface area (Å²) >= 11 is 0. The van der Waals surface area contributed by atoms with Crippen LogP contribution in [0.1, 0.15) is 16.5 Å². The number of ether oxygens (including phenoxy) is 4. The predicted molar refractivity (Wildman–Crippen MR) is 98.8 cm³/mol. The van der Waals surface area contributed by atoms with Crippen molar-refractivity contribution < 1.29 is 28.5 Å². The Morgan fingerprint density at radius 2 is 1.90 bits per heavy atom. The van der Waals surface area contributed by atoms with Crippen molar-refractivity contribution >= 4 is 17.7 Å². The molecule has 154 valence electrons. The van der Waals surface area contributed by atoms with Crippen LogP contribution in [0.25, 0.3) is 0 Å². The van der Waals surface area contributed by atoms with E-state index in [2.05, 4.69) is 25.7 Å². The number of nitrogens with zero attached hydrogens (tertiary/aromatic N) is 3. The molecule has 11 nitrogen and oxygen atoms in total. The minimum atomic E-state index is -0.561. The van der Waals surface area contributed by atoms with E-state index >= 15 is 0 Å². The molecule has 2 aromatic rings. The van der Waals surface area contributed by atoms with Crippen molar-refractivity contribution in [1.82, 2.24) is 20.3 Å². The van der Waals surface area contributed by atoms with Crippen molar-refractivity contribution in [1.29, 1.82) is 0 Å². The molecule has 0 spiro atoms. The molecule has 2 fully saturated rings. The third-order valence-electron chi connectivity index (χ3n) is 4.94. The normalized spacial score (nSPS) is 25.3. The maximum absolute atomic E-state index is 12.3. The molecule has 0 bridgehead atoms. The number of nitrogens with one attached hydrogen (secondary N) is 2. The van der Waals surface area contributed by atoms with E-state index in [1.54, 1.807) is 31.4 Å². The lowest BCUT2D eigenvalue weighted by Crippen LogP contribution is -2.45. The SMILES string of the molecule is COC(=O)c1cn([C@H]2CO[C@H]3[C@@H]2OC[C@@H]3NC(=O)Nc2ccc(OC)cc2)nn1. The van der Waals surface area contributed by atoms with E-state index in [1.165, 1.54) is 18.0 Å². The molecule has 4 rings (SSSR count). The Morgan fingerprint density at radius 3 is 2.62 bits per heavy atom. The number of benzene rings is 1. The summed E-state index contributed by atoms with van der Waals surface area (Å²) in [4.78, 5) is 23.9. The molecule has 29 heavy (non-hydrogen) atoms. The van der Waals surface area contributed by atoms with Crippen molar-refractivity contribution in [3.63, 3.8) is 0 Å². The lowest BCUT2D eigenvalue weighted by Gasteiger charge is -2.18. The zero-order chi connectivity index (χ0) is 20.4. The van der Waals surface area contributed by atoms with Gasteiger partial charge in [0.25, 0.3) is 0 Å². The molecule has 2 aliphatic rings. The maximum Gasteiger partial charge on any atom is 0.360 e. The minimum absolute atomic E-state index is 0.113. The standard InChI is InChI=1S/C18H21N5O6/c1-26-11-5-3-10(4-6-11)19-18(25)20-13-8-28-16-14(9-29-15(13)16)23-7-12(21-22-23)17(24)27-2/h3-7,13-16H,8-9H2,1-2H3,(H2,19,20,25)/t13-,14-,15+,16+/m0/s1. The predicted octanol–water partition coefficient (Wildman–Crippen LogP) is 0.602. The summed E-state index contributed by atoms with van der Waals surface area (Å²) in [6.07, 6.45) is 0.865. The van der Waals surface area contributed by atoms with Gasteiger partial charge < -0.3 is 29.6 Å². The third-order valence-corrected chi connectivity index (χ3v) is 4.94. The second-order valence-corrected chi connectivity index (χ2v) is 6.67. The molecule has 3 heterocycles. The van der Waals surface area contributed by atoms with Gasteiger partial charge in [-0.25, -0.2) is 14.3 Å². The molecule has 0 saturated carbocycles. The zero-order valence-corrected chi connectivity index (χ0v) is 15.9. The summed E-state index contributed by atoms with van der Waals surface area (Å²) in [5, 5.41) is 13.4. The molecular weight excluding hydrogens is 382 g/mol. The van der Waals surface area contributed by atoms with Crippen LogP contribution in [-0.2, 0) is 14.2 Å². The summed E-state index contributed by atoms with van der Waals surface area (Å²) in [5.74, 6) is 0.144. The molecule has 0 radical (unpaired) electrons. The molecule has 4 atom stereocenters. The van der Waals surface area contributed by atoms with Gasteiger partial charge in [-0.2, -0.15) is 0 Å². The van der Waals surface area contributed by atoms with E-state index in [9.17, 15) is 9.59 Å². The first-order chi connectivity index (χ1) is 14.1. The van der Waals surface area contributed by atoms with Crippen LogP contribution in [-0.4, -0.2) is 72.7 Å². The number of aromatic nitrogens is 3. The smallest absolute Gasteiger partial charge is 0.360 e. The molecular formula is C18H21N5O6. The highest BCUT2D eigenvalue weighted by Crippen LogP contribution is 2.34. The number of fused-ring (bicyclic) bond motifs is 1. The van der Waals surface area contributed by atoms with Gasteiger partial charge in [0, 0.05) is 5.69 Å². The fourth-order valence-corrected chi connectivity index (χ4v) is 3.48. The number of hydrogen-bond donors (Lipinski definition) is 2. The largest absolute Gasteiger partial charge is 0.497 e. The first-order valence-corrected chi connectivity index (χ1v) is 9.04. The Balaban J connectivity index is 1.35. The van der Waals surface area contributed by atoms with Crippen LogP contribution in [0, 0.1) is 0 Å². The van der Waals surface area contributed by atoms with Crippen LogP contribution in [0.3, 0.4) is 0 Å². The average molecular weight is 403 g/mol. The van der Waals surface area contributed by atoms with Crippen LogP contribution in [0.2, 0.25) is 0 Å². The highest BCUT2D eigenvalue weighted by atomic mass is 16.6. The molecule has 2 saturated heterocycles. The quantitative estimate of drug-likeness (QED) is 0.695. The van der Waals surface area contributed by atoms with Crippen molar-refractivity contribution in [2.45, 2.75) is 24.3 Å². The Hall–Kier alpha value is -3.18. The fraction of sp³-hybridized carbons (Fsp3) is 0.444. The van der Waals surface area contributed by atoms with Gasteiger partial charge >= 0.3 is 12.0 Å². The number of carbonyl (C=O) groups is 2. The second-order valence-electron chi connectivity index (χ2n) is 6.67. The van der Waals surface area contributed by atoms with Crippen LogP contribution in [0.5, 0.6) is 5.75 Å². The summed E-state index contributed by atoms with van der Waals surface area (Å²) < 4.78 is 23.0. The van der Waals surface area contributed by atoms with E-state index < -0.39 is 5.97 Å². The van der Waals surface area contributed by atoms with E-state index in [4.69, 9.17) is 14.2 Å². The molecule has 11 heteroatoms. The molecule has 1 aromatic carbocycles. The van der Waals surface area contributed by atoms with Crippen LogP contribution < -0.4 is 15.4 Å². The van der Waals surface area contributed by atoms with E-state index in [1.807, 2.05) is 0 Å². The molecule has 2 amide bonds. The molecule has 0 unspecified atom stereocenters. The van der Waals surface area contributed by atoms with Crippen LogP contribution in [0.4, 0.5) is 10.5 Å². The highest BCUT2D eigenvalue weighted by molar-refractivity contribution is 5.89. The summed E-state index contributed by atoms with van der Waals surface area (Å²) in [6.45, 7) is 0.637. The number of hydrogen-bond acceptors (Lipinski definition) is 8. The average Bonchev–Trinajstić information content (AvgIpc) is 3.45. The Labute approximate surface area is 166 Å². The molecule has 2 aliphatic heterocycles. The molecule has 1 aromatic heterocycles. The number of carbonyl (C=O) groups excluding carboxylic acids is 2. The molecule has 2 N–H and O–H groups in total. The topological polar surface area (TPSA) is 126 Å². The van der Waals surface area contributed by atoms with Crippen molar-refractivity contribution in [3.05, 3.63) is 36.2 Å².